The van der Waals surface area contributed by atoms with Crippen LogP contribution in [0.1, 0.15) is 336 Å². The summed E-state index contributed by atoms with van der Waals surface area (Å²) in [4.78, 5) is 33.9. The molecule has 0 radical (unpaired) electrons. The van der Waals surface area contributed by atoms with Crippen LogP contribution in [-0.2, 0) is 9.59 Å². The monoisotopic (exact) mass is 930 g/mol. The van der Waals surface area contributed by atoms with E-state index in [9.17, 15) is 9.59 Å². The maximum Gasteiger partial charge on any atom is 0.222 e. The molecule has 394 valence electrons. The van der Waals surface area contributed by atoms with Crippen LogP contribution in [0.3, 0.4) is 0 Å². The van der Waals surface area contributed by atoms with Crippen LogP contribution >= 0.6 is 0 Å². The van der Waals surface area contributed by atoms with E-state index in [1.807, 2.05) is 0 Å². The molecule has 0 aliphatic rings. The molecule has 0 aliphatic carbocycles. The quantitative estimate of drug-likeness (QED) is 0.0571. The molecule has 66 heavy (non-hydrogen) atoms. The summed E-state index contributed by atoms with van der Waals surface area (Å²) in [6.07, 6.45) is 62.0. The smallest absolute Gasteiger partial charge is 0.222 e. The molecule has 0 unspecified atom stereocenters. The second-order valence-electron chi connectivity index (χ2n) is 21.4. The van der Waals surface area contributed by atoms with Gasteiger partial charge < -0.3 is 14.7 Å². The van der Waals surface area contributed by atoms with E-state index >= 15 is 0 Å². The number of carbonyl (C=O) groups excluding carboxylic acids is 2. The Hall–Kier alpha value is -1.10. The molecule has 2 amide bonds. The van der Waals surface area contributed by atoms with Crippen molar-refractivity contribution in [2.75, 3.05) is 46.3 Å². The first-order valence-electron chi connectivity index (χ1n) is 30.7. The van der Waals surface area contributed by atoms with Crippen molar-refractivity contribution in [3.63, 3.8) is 0 Å². The molecule has 0 rings (SSSR count). The van der Waals surface area contributed by atoms with Gasteiger partial charge in [0.2, 0.25) is 11.8 Å². The van der Waals surface area contributed by atoms with Crippen molar-refractivity contribution in [1.82, 2.24) is 14.7 Å². The Bertz CT molecular complexity index is 835. The summed E-state index contributed by atoms with van der Waals surface area (Å²) in [6, 6.07) is 0. The fourth-order valence-corrected chi connectivity index (χ4v) is 9.98. The Morgan fingerprint density at radius 2 is 0.394 bits per heavy atom. The number of amides is 2. The van der Waals surface area contributed by atoms with Crippen LogP contribution in [0.4, 0.5) is 0 Å². The third-order valence-corrected chi connectivity index (χ3v) is 14.7. The molecule has 0 heterocycles. The highest BCUT2D eigenvalue weighted by atomic mass is 16.2. The summed E-state index contributed by atoms with van der Waals surface area (Å²) >= 11 is 0. The minimum Gasteiger partial charge on any atom is -0.343 e. The molecule has 0 aromatic carbocycles. The summed E-state index contributed by atoms with van der Waals surface area (Å²) in [5.41, 5.74) is 0. The lowest BCUT2D eigenvalue weighted by atomic mass is 10.1. The van der Waals surface area contributed by atoms with Gasteiger partial charge in [-0.1, -0.05) is 272 Å². The molecule has 0 N–H and O–H groups in total. The average molecular weight is 931 g/mol. The van der Waals surface area contributed by atoms with Crippen LogP contribution in [0.5, 0.6) is 0 Å². The number of rotatable bonds is 56. The van der Waals surface area contributed by atoms with E-state index in [0.29, 0.717) is 11.8 Å². The number of unbranched alkanes of at least 4 members (excludes halogenated alkanes) is 40. The minimum atomic E-state index is 0.412. The van der Waals surface area contributed by atoms with Crippen molar-refractivity contribution >= 4 is 11.8 Å². The largest absolute Gasteiger partial charge is 0.343 e. The summed E-state index contributed by atoms with van der Waals surface area (Å²) < 4.78 is 0. The first-order chi connectivity index (χ1) is 32.5. The maximum atomic E-state index is 13.5. The van der Waals surface area contributed by atoms with Gasteiger partial charge in [-0.15, -0.1) is 0 Å². The predicted molar refractivity (Wildman–Crippen MR) is 295 cm³/mol. The van der Waals surface area contributed by atoms with Crippen molar-refractivity contribution < 1.29 is 9.59 Å². The second kappa shape index (κ2) is 54.8. The lowest BCUT2D eigenvalue weighted by Gasteiger charge is -2.23. The van der Waals surface area contributed by atoms with E-state index in [1.165, 1.54) is 270 Å². The van der Waals surface area contributed by atoms with Crippen LogP contribution in [-0.4, -0.2) is 72.8 Å². The van der Waals surface area contributed by atoms with Crippen molar-refractivity contribution in [2.24, 2.45) is 0 Å². The van der Waals surface area contributed by atoms with Crippen LogP contribution in [0.15, 0.2) is 0 Å². The zero-order chi connectivity index (χ0) is 48.1. The zero-order valence-corrected chi connectivity index (χ0v) is 46.3. The van der Waals surface area contributed by atoms with Gasteiger partial charge in [0.15, 0.2) is 0 Å². The fraction of sp³-hybridized carbons (Fsp3) is 0.967. The van der Waals surface area contributed by atoms with E-state index in [0.717, 1.165) is 77.8 Å². The predicted octanol–water partition coefficient (Wildman–Crippen LogP) is 19.4. The van der Waals surface area contributed by atoms with Crippen LogP contribution in [0.25, 0.3) is 0 Å². The lowest BCUT2D eigenvalue weighted by molar-refractivity contribution is -0.132. The molecular weight excluding hydrogens is 807 g/mol. The molecule has 0 aromatic heterocycles. The summed E-state index contributed by atoms with van der Waals surface area (Å²) in [5, 5.41) is 0. The molecule has 0 saturated heterocycles. The van der Waals surface area contributed by atoms with Crippen molar-refractivity contribution in [3.05, 3.63) is 0 Å². The maximum absolute atomic E-state index is 13.5. The molecule has 0 aromatic rings. The summed E-state index contributed by atoms with van der Waals surface area (Å²) in [5.74, 6) is 0.825. The number of hydrogen-bond donors (Lipinski definition) is 0. The van der Waals surface area contributed by atoms with Gasteiger partial charge in [-0.25, -0.2) is 0 Å². The number of hydrogen-bond acceptors (Lipinski definition) is 3. The van der Waals surface area contributed by atoms with Gasteiger partial charge in [-0.2, -0.15) is 0 Å². The van der Waals surface area contributed by atoms with Crippen LogP contribution in [0, 0.1) is 0 Å². The molecule has 0 fully saturated rings. The van der Waals surface area contributed by atoms with E-state index in [4.69, 9.17) is 0 Å². The first kappa shape index (κ1) is 64.9. The molecule has 5 nitrogen and oxygen atoms in total. The lowest BCUT2D eigenvalue weighted by Crippen LogP contribution is -2.33. The Morgan fingerprint density at radius 3 is 0.606 bits per heavy atom. The normalized spacial score (nSPS) is 11.6. The minimum absolute atomic E-state index is 0.412. The zero-order valence-electron chi connectivity index (χ0n) is 46.3. The number of carbonyl (C=O) groups is 2. The van der Waals surface area contributed by atoms with Gasteiger partial charge in [-0.3, -0.25) is 9.59 Å². The fourth-order valence-electron chi connectivity index (χ4n) is 9.98. The Labute approximate surface area is 416 Å². The summed E-state index contributed by atoms with van der Waals surface area (Å²) in [6.45, 7) is 15.3. The van der Waals surface area contributed by atoms with Crippen LogP contribution < -0.4 is 0 Å². The van der Waals surface area contributed by atoms with Gasteiger partial charge >= 0.3 is 0 Å². The van der Waals surface area contributed by atoms with Gasteiger partial charge in [0.1, 0.15) is 0 Å². The van der Waals surface area contributed by atoms with Gasteiger partial charge in [0, 0.05) is 39.0 Å². The van der Waals surface area contributed by atoms with E-state index in [-0.39, 0.29) is 0 Å². The molecule has 0 bridgehead atoms. The van der Waals surface area contributed by atoms with Crippen molar-refractivity contribution in [3.8, 4) is 0 Å². The SMILES string of the molecule is CCCCCCCCCCCCN(CCCCCCCCCCCC)C(=O)CCCCCN(C)CCCCCC(=O)N(CCCCCCCCCCCC)CCCCCCCCCCCC. The average Bonchev–Trinajstić information content (AvgIpc) is 3.32. The Balaban J connectivity index is 4.49. The Kier molecular flexibility index (Phi) is 53.9. The molecular formula is C61H123N3O2. The molecule has 0 spiro atoms. The molecule has 0 saturated carbocycles. The third kappa shape index (κ3) is 47.9. The number of nitrogens with zero attached hydrogens (tertiary/aromatic N) is 3. The standard InChI is InChI=1S/C61H123N3O2/c1-6-10-14-18-22-26-30-34-38-48-56-63(57-49-39-35-31-27-23-19-15-11-7-2)60(65)52-44-42-46-54-62(5)55-47-43-45-53-61(66)64(58-50-40-36-32-28-24-20-16-12-8-3)59-51-41-37-33-29-25-21-17-13-9-4/h6-59H2,1-5H3. The summed E-state index contributed by atoms with van der Waals surface area (Å²) in [7, 11) is 2.26. The Morgan fingerprint density at radius 1 is 0.227 bits per heavy atom. The van der Waals surface area contributed by atoms with E-state index in [2.05, 4.69) is 49.4 Å². The van der Waals surface area contributed by atoms with Crippen molar-refractivity contribution in [1.29, 1.82) is 0 Å². The van der Waals surface area contributed by atoms with Gasteiger partial charge in [0.05, 0.1) is 0 Å². The van der Waals surface area contributed by atoms with E-state index < -0.39 is 0 Å². The highest BCUT2D eigenvalue weighted by molar-refractivity contribution is 5.76. The second-order valence-corrected chi connectivity index (χ2v) is 21.4. The van der Waals surface area contributed by atoms with Gasteiger partial charge in [-0.05, 0) is 71.5 Å². The first-order valence-corrected chi connectivity index (χ1v) is 30.7. The molecule has 5 heteroatoms. The van der Waals surface area contributed by atoms with Crippen LogP contribution in [0.2, 0.25) is 0 Å². The third-order valence-electron chi connectivity index (χ3n) is 14.7. The highest BCUT2D eigenvalue weighted by Crippen LogP contribution is 2.17. The topological polar surface area (TPSA) is 43.9 Å². The van der Waals surface area contributed by atoms with Crippen molar-refractivity contribution in [2.45, 2.75) is 336 Å². The van der Waals surface area contributed by atoms with Gasteiger partial charge in [0.25, 0.3) is 0 Å². The highest BCUT2D eigenvalue weighted by Gasteiger charge is 2.15. The van der Waals surface area contributed by atoms with E-state index in [1.54, 1.807) is 0 Å². The molecule has 0 atom stereocenters. The molecule has 0 aliphatic heterocycles.